The molecule has 2 amide bonds. The van der Waals surface area contributed by atoms with Crippen LogP contribution in [0.1, 0.15) is 48.0 Å². The first kappa shape index (κ1) is 21.4. The van der Waals surface area contributed by atoms with Crippen molar-refractivity contribution in [3.05, 3.63) is 53.6 Å². The molecule has 0 spiro atoms. The van der Waals surface area contributed by atoms with Crippen molar-refractivity contribution in [2.24, 2.45) is 11.0 Å². The predicted octanol–water partition coefficient (Wildman–Crippen LogP) is 3.99. The molecule has 0 heterocycles. The van der Waals surface area contributed by atoms with Crippen molar-refractivity contribution >= 4 is 23.7 Å². The number of nitrogens with one attached hydrogen (secondary N) is 2. The smallest absolute Gasteiger partial charge is 0.271 e. The molecule has 158 valence electrons. The number of rotatable bonds is 7. The molecule has 0 aliphatic heterocycles. The fraction of sp³-hybridized carbons (Fsp3) is 0.348. The van der Waals surface area contributed by atoms with Gasteiger partial charge in [0.1, 0.15) is 11.5 Å². The van der Waals surface area contributed by atoms with Gasteiger partial charge in [0.05, 0.1) is 20.4 Å². The number of nitrogens with zero attached hydrogens (tertiary/aromatic N) is 1. The maximum absolute atomic E-state index is 12.3. The highest BCUT2D eigenvalue weighted by Gasteiger charge is 2.21. The van der Waals surface area contributed by atoms with E-state index in [1.807, 2.05) is 0 Å². The lowest BCUT2D eigenvalue weighted by Gasteiger charge is -2.20. The standard InChI is InChI=1S/C23H27N3O4/c1-29-20-13-10-18(21(14-20)30-2)15-24-26-23(28)17-8-11-19(12-9-17)25-22(27)16-6-4-3-5-7-16/h8-16H,3-7H2,1-2H3,(H,25,27)(H,26,28)/b24-15+. The van der Waals surface area contributed by atoms with E-state index in [4.69, 9.17) is 9.47 Å². The molecule has 1 aliphatic rings. The molecule has 0 atom stereocenters. The third kappa shape index (κ3) is 5.59. The van der Waals surface area contributed by atoms with Crippen LogP contribution in [0.5, 0.6) is 11.5 Å². The topological polar surface area (TPSA) is 89.0 Å². The van der Waals surface area contributed by atoms with Crippen molar-refractivity contribution in [3.8, 4) is 11.5 Å². The average molecular weight is 409 g/mol. The van der Waals surface area contributed by atoms with Gasteiger partial charge in [-0.15, -0.1) is 0 Å². The van der Waals surface area contributed by atoms with Crippen LogP contribution < -0.4 is 20.2 Å². The number of hydrogen-bond acceptors (Lipinski definition) is 5. The van der Waals surface area contributed by atoms with Gasteiger partial charge in [-0.25, -0.2) is 5.43 Å². The first-order valence-corrected chi connectivity index (χ1v) is 10.1. The third-order valence-electron chi connectivity index (χ3n) is 5.20. The second kappa shape index (κ2) is 10.4. The summed E-state index contributed by atoms with van der Waals surface area (Å²) in [6.45, 7) is 0. The van der Waals surface area contributed by atoms with E-state index >= 15 is 0 Å². The zero-order chi connectivity index (χ0) is 21.3. The van der Waals surface area contributed by atoms with Crippen molar-refractivity contribution in [1.82, 2.24) is 5.43 Å². The molecule has 30 heavy (non-hydrogen) atoms. The van der Waals surface area contributed by atoms with Crippen LogP contribution in [-0.2, 0) is 4.79 Å². The Morgan fingerprint density at radius 3 is 2.40 bits per heavy atom. The molecule has 2 N–H and O–H groups in total. The number of benzene rings is 2. The summed E-state index contributed by atoms with van der Waals surface area (Å²) in [5.74, 6) is 1.06. The van der Waals surface area contributed by atoms with E-state index in [0.717, 1.165) is 25.7 Å². The molecular formula is C23H27N3O4. The minimum Gasteiger partial charge on any atom is -0.497 e. The van der Waals surface area contributed by atoms with Crippen molar-refractivity contribution in [1.29, 1.82) is 0 Å². The first-order valence-electron chi connectivity index (χ1n) is 10.1. The Labute approximate surface area is 176 Å². The maximum Gasteiger partial charge on any atom is 0.271 e. The molecular weight excluding hydrogens is 382 g/mol. The highest BCUT2D eigenvalue weighted by molar-refractivity contribution is 5.96. The minimum absolute atomic E-state index is 0.0601. The SMILES string of the molecule is COc1ccc(/C=N/NC(=O)c2ccc(NC(=O)C3CCCCC3)cc2)c(OC)c1. The van der Waals surface area contributed by atoms with Gasteiger partial charge < -0.3 is 14.8 Å². The molecule has 0 unspecified atom stereocenters. The Kier molecular flexibility index (Phi) is 7.43. The summed E-state index contributed by atoms with van der Waals surface area (Å²) >= 11 is 0. The second-order valence-corrected chi connectivity index (χ2v) is 7.21. The zero-order valence-corrected chi connectivity index (χ0v) is 17.3. The Hall–Kier alpha value is -3.35. The number of carbonyl (C=O) groups excluding carboxylic acids is 2. The highest BCUT2D eigenvalue weighted by Crippen LogP contribution is 2.25. The summed E-state index contributed by atoms with van der Waals surface area (Å²) in [5.41, 5.74) is 4.34. The number of hydrazone groups is 1. The van der Waals surface area contributed by atoms with Gasteiger partial charge in [-0.1, -0.05) is 19.3 Å². The van der Waals surface area contributed by atoms with Crippen LogP contribution in [0.2, 0.25) is 0 Å². The Bertz CT molecular complexity index is 903. The minimum atomic E-state index is -0.344. The second-order valence-electron chi connectivity index (χ2n) is 7.21. The molecule has 7 nitrogen and oxygen atoms in total. The molecule has 1 aliphatic carbocycles. The summed E-state index contributed by atoms with van der Waals surface area (Å²) in [4.78, 5) is 24.6. The van der Waals surface area contributed by atoms with Gasteiger partial charge in [0.2, 0.25) is 5.91 Å². The maximum atomic E-state index is 12.3. The molecule has 2 aromatic rings. The number of anilines is 1. The van der Waals surface area contributed by atoms with Crippen LogP contribution in [0.25, 0.3) is 0 Å². The summed E-state index contributed by atoms with van der Waals surface area (Å²) in [7, 11) is 3.13. The highest BCUT2D eigenvalue weighted by atomic mass is 16.5. The quantitative estimate of drug-likeness (QED) is 0.535. The number of hydrogen-bond donors (Lipinski definition) is 2. The lowest BCUT2D eigenvalue weighted by atomic mass is 9.88. The molecule has 7 heteroatoms. The Balaban J connectivity index is 1.55. The van der Waals surface area contributed by atoms with Crippen LogP contribution >= 0.6 is 0 Å². The van der Waals surface area contributed by atoms with Crippen LogP contribution in [0.15, 0.2) is 47.6 Å². The number of amides is 2. The van der Waals surface area contributed by atoms with Gasteiger partial charge in [-0.3, -0.25) is 9.59 Å². The molecule has 0 radical (unpaired) electrons. The van der Waals surface area contributed by atoms with Crippen molar-refractivity contribution < 1.29 is 19.1 Å². The number of ether oxygens (including phenoxy) is 2. The van der Waals surface area contributed by atoms with Crippen molar-refractivity contribution in [3.63, 3.8) is 0 Å². The zero-order valence-electron chi connectivity index (χ0n) is 17.3. The van der Waals surface area contributed by atoms with E-state index < -0.39 is 0 Å². The van der Waals surface area contributed by atoms with Crippen molar-refractivity contribution in [2.75, 3.05) is 19.5 Å². The van der Waals surface area contributed by atoms with Gasteiger partial charge in [-0.2, -0.15) is 5.10 Å². The normalized spacial score (nSPS) is 14.3. The van der Waals surface area contributed by atoms with Gasteiger partial charge in [0.15, 0.2) is 0 Å². The van der Waals surface area contributed by atoms with E-state index in [0.29, 0.717) is 28.3 Å². The van der Waals surface area contributed by atoms with Gasteiger partial charge in [0, 0.05) is 28.8 Å². The van der Waals surface area contributed by atoms with E-state index in [2.05, 4.69) is 15.8 Å². The van der Waals surface area contributed by atoms with Gasteiger partial charge in [-0.05, 0) is 49.2 Å². The van der Waals surface area contributed by atoms with Gasteiger partial charge >= 0.3 is 0 Å². The lowest BCUT2D eigenvalue weighted by molar-refractivity contribution is -0.120. The van der Waals surface area contributed by atoms with E-state index in [-0.39, 0.29) is 17.7 Å². The first-order chi connectivity index (χ1) is 14.6. The van der Waals surface area contributed by atoms with E-state index in [1.54, 1.807) is 56.7 Å². The fourth-order valence-corrected chi connectivity index (χ4v) is 3.46. The summed E-state index contributed by atoms with van der Waals surface area (Å²) < 4.78 is 10.5. The van der Waals surface area contributed by atoms with Crippen LogP contribution in [0, 0.1) is 5.92 Å². The molecule has 0 aromatic heterocycles. The Morgan fingerprint density at radius 2 is 1.73 bits per heavy atom. The third-order valence-corrected chi connectivity index (χ3v) is 5.20. The molecule has 0 saturated heterocycles. The summed E-state index contributed by atoms with van der Waals surface area (Å²) in [6, 6.07) is 12.1. The average Bonchev–Trinajstić information content (AvgIpc) is 2.80. The number of methoxy groups -OCH3 is 2. The predicted molar refractivity (Wildman–Crippen MR) is 116 cm³/mol. The lowest BCUT2D eigenvalue weighted by Crippen LogP contribution is -2.24. The summed E-state index contributed by atoms with van der Waals surface area (Å²) in [5, 5.41) is 6.94. The van der Waals surface area contributed by atoms with Crippen LogP contribution in [-0.4, -0.2) is 32.2 Å². The van der Waals surface area contributed by atoms with Crippen molar-refractivity contribution in [2.45, 2.75) is 32.1 Å². The number of carbonyl (C=O) groups is 2. The van der Waals surface area contributed by atoms with E-state index in [1.165, 1.54) is 12.6 Å². The Morgan fingerprint density at radius 1 is 1.00 bits per heavy atom. The largest absolute Gasteiger partial charge is 0.497 e. The molecule has 1 saturated carbocycles. The molecule has 2 aromatic carbocycles. The molecule has 3 rings (SSSR count). The summed E-state index contributed by atoms with van der Waals surface area (Å²) in [6.07, 6.45) is 6.84. The monoisotopic (exact) mass is 409 g/mol. The van der Waals surface area contributed by atoms with Crippen LogP contribution in [0.4, 0.5) is 5.69 Å². The van der Waals surface area contributed by atoms with E-state index in [9.17, 15) is 9.59 Å². The molecule has 1 fully saturated rings. The molecule has 0 bridgehead atoms. The fourth-order valence-electron chi connectivity index (χ4n) is 3.46. The van der Waals surface area contributed by atoms with Gasteiger partial charge in [0.25, 0.3) is 5.91 Å². The van der Waals surface area contributed by atoms with Crippen LogP contribution in [0.3, 0.4) is 0 Å².